The van der Waals surface area contributed by atoms with E-state index in [1.54, 1.807) is 23.4 Å². The van der Waals surface area contributed by atoms with Crippen LogP contribution in [0.2, 0.25) is 0 Å². The molecule has 1 amide bonds. The molecule has 1 heterocycles. The Bertz CT molecular complexity index is 993. The van der Waals surface area contributed by atoms with Crippen LogP contribution < -0.4 is 5.43 Å². The van der Waals surface area contributed by atoms with Gasteiger partial charge in [0.25, 0.3) is 5.91 Å². The lowest BCUT2D eigenvalue weighted by atomic mass is 9.70. The molecule has 4 rings (SSSR count). The van der Waals surface area contributed by atoms with E-state index in [0.29, 0.717) is 30.1 Å². The summed E-state index contributed by atoms with van der Waals surface area (Å²) >= 11 is 0. The van der Waals surface area contributed by atoms with Crippen LogP contribution in [0.5, 0.6) is 0 Å². The molecule has 6 nitrogen and oxygen atoms in total. The van der Waals surface area contributed by atoms with Crippen molar-refractivity contribution in [2.24, 2.45) is 21.8 Å². The number of benzene rings is 1. The number of amides is 1. The molecule has 1 saturated heterocycles. The molecular formula is C23H33N3O3S. The number of rotatable bonds is 4. The predicted octanol–water partition coefficient (Wildman–Crippen LogP) is 4.10. The van der Waals surface area contributed by atoms with Crippen LogP contribution in [-0.2, 0) is 10.0 Å². The largest absolute Gasteiger partial charge is 0.271 e. The number of hydrazone groups is 1. The molecule has 0 radical (unpaired) electrons. The molecule has 2 bridgehead atoms. The first-order valence-electron chi connectivity index (χ1n) is 11.1. The number of hydrogen-bond donors (Lipinski definition) is 1. The van der Waals surface area contributed by atoms with Gasteiger partial charge >= 0.3 is 0 Å². The summed E-state index contributed by atoms with van der Waals surface area (Å²) in [5, 5.41) is 4.51. The fourth-order valence-corrected chi connectivity index (χ4v) is 7.31. The van der Waals surface area contributed by atoms with Gasteiger partial charge in [-0.2, -0.15) is 9.41 Å². The van der Waals surface area contributed by atoms with Crippen molar-refractivity contribution in [1.29, 1.82) is 0 Å². The topological polar surface area (TPSA) is 78.8 Å². The van der Waals surface area contributed by atoms with Crippen LogP contribution >= 0.6 is 0 Å². The van der Waals surface area contributed by atoms with Gasteiger partial charge < -0.3 is 0 Å². The van der Waals surface area contributed by atoms with Crippen molar-refractivity contribution < 1.29 is 13.2 Å². The summed E-state index contributed by atoms with van der Waals surface area (Å²) in [7, 11) is -3.59. The van der Waals surface area contributed by atoms with Gasteiger partial charge in [0.15, 0.2) is 0 Å². The maximum Gasteiger partial charge on any atom is 0.271 e. The molecule has 2 aliphatic carbocycles. The van der Waals surface area contributed by atoms with E-state index in [0.717, 1.165) is 37.8 Å². The van der Waals surface area contributed by atoms with E-state index in [4.69, 9.17) is 0 Å². The van der Waals surface area contributed by atoms with Gasteiger partial charge in [0.05, 0.1) is 4.90 Å². The molecule has 2 saturated carbocycles. The van der Waals surface area contributed by atoms with E-state index < -0.39 is 10.0 Å². The number of nitrogens with zero attached hydrogens (tertiary/aromatic N) is 2. The zero-order valence-electron chi connectivity index (χ0n) is 18.5. The van der Waals surface area contributed by atoms with Crippen molar-refractivity contribution in [2.75, 3.05) is 13.1 Å². The highest BCUT2D eigenvalue weighted by molar-refractivity contribution is 7.89. The highest BCUT2D eigenvalue weighted by Gasteiger charge is 2.60. The highest BCUT2D eigenvalue weighted by Crippen LogP contribution is 2.63. The number of hydrogen-bond acceptors (Lipinski definition) is 4. The predicted molar refractivity (Wildman–Crippen MR) is 118 cm³/mol. The first kappa shape index (κ1) is 21.5. The summed E-state index contributed by atoms with van der Waals surface area (Å²) < 4.78 is 27.8. The molecule has 2 atom stereocenters. The second-order valence-corrected chi connectivity index (χ2v) is 11.8. The van der Waals surface area contributed by atoms with Crippen molar-refractivity contribution in [1.82, 2.24) is 9.73 Å². The Hall–Kier alpha value is -1.73. The summed E-state index contributed by atoms with van der Waals surface area (Å²) in [6.07, 6.45) is 6.06. The number of nitrogens with one attached hydrogen (secondary N) is 1. The van der Waals surface area contributed by atoms with Crippen molar-refractivity contribution in [3.05, 3.63) is 29.3 Å². The fraction of sp³-hybridized carbons (Fsp3) is 0.652. The summed E-state index contributed by atoms with van der Waals surface area (Å²) in [4.78, 5) is 13.0. The van der Waals surface area contributed by atoms with Crippen LogP contribution in [0.15, 0.2) is 28.2 Å². The number of carbonyl (C=O) groups is 1. The number of piperidine rings is 1. The molecule has 0 spiro atoms. The normalized spacial score (nSPS) is 30.0. The van der Waals surface area contributed by atoms with Crippen molar-refractivity contribution in [3.8, 4) is 0 Å². The summed E-state index contributed by atoms with van der Waals surface area (Å²) in [6.45, 7) is 9.71. The maximum atomic E-state index is 13.1. The van der Waals surface area contributed by atoms with Crippen LogP contribution in [-0.4, -0.2) is 37.4 Å². The van der Waals surface area contributed by atoms with Crippen molar-refractivity contribution in [3.63, 3.8) is 0 Å². The van der Waals surface area contributed by atoms with Crippen LogP contribution in [0.4, 0.5) is 0 Å². The molecule has 3 aliphatic rings. The number of sulfonamides is 1. The average molecular weight is 432 g/mol. The van der Waals surface area contributed by atoms with Gasteiger partial charge in [-0.25, -0.2) is 13.8 Å². The van der Waals surface area contributed by atoms with E-state index in [-0.39, 0.29) is 21.6 Å². The summed E-state index contributed by atoms with van der Waals surface area (Å²) in [5.74, 6) is 0.251. The Balaban J connectivity index is 1.55. The molecule has 164 valence electrons. The van der Waals surface area contributed by atoms with E-state index in [1.165, 1.54) is 12.5 Å². The lowest BCUT2D eigenvalue weighted by Crippen LogP contribution is -2.36. The quantitative estimate of drug-likeness (QED) is 0.729. The van der Waals surface area contributed by atoms with Gasteiger partial charge in [0.1, 0.15) is 0 Å². The van der Waals surface area contributed by atoms with Crippen LogP contribution in [0.1, 0.15) is 75.2 Å². The summed E-state index contributed by atoms with van der Waals surface area (Å²) in [6, 6.07) is 4.88. The number of fused-ring (bicyclic) bond motifs is 2. The average Bonchev–Trinajstić information content (AvgIpc) is 3.06. The minimum absolute atomic E-state index is 0.0149. The molecular weight excluding hydrogens is 398 g/mol. The number of aryl methyl sites for hydroxylation is 1. The molecule has 0 aromatic heterocycles. The molecule has 7 heteroatoms. The lowest BCUT2D eigenvalue weighted by Gasteiger charge is -2.34. The van der Waals surface area contributed by atoms with Gasteiger partial charge in [0.2, 0.25) is 10.0 Å². The zero-order chi connectivity index (χ0) is 21.7. The monoisotopic (exact) mass is 431 g/mol. The van der Waals surface area contributed by atoms with Crippen molar-refractivity contribution >= 4 is 21.6 Å². The van der Waals surface area contributed by atoms with Crippen LogP contribution in [0.3, 0.4) is 0 Å². The zero-order valence-corrected chi connectivity index (χ0v) is 19.3. The fourth-order valence-electron chi connectivity index (χ4n) is 5.54. The second kappa shape index (κ2) is 7.45. The minimum Gasteiger partial charge on any atom is -0.267 e. The first-order chi connectivity index (χ1) is 14.1. The lowest BCUT2D eigenvalue weighted by molar-refractivity contribution is 0.0953. The van der Waals surface area contributed by atoms with Crippen LogP contribution in [0, 0.1) is 23.7 Å². The molecule has 1 aromatic rings. The SMILES string of the molecule is Cc1ccc(C(=O)N/N=C2/C[C@H]3CC[C@]2(C)C3(C)C)cc1S(=O)(=O)N1CCCCC1. The third-order valence-corrected chi connectivity index (χ3v) is 10.2. The Morgan fingerprint density at radius 3 is 2.47 bits per heavy atom. The van der Waals surface area contributed by atoms with E-state index in [2.05, 4.69) is 31.3 Å². The van der Waals surface area contributed by atoms with Gasteiger partial charge in [0, 0.05) is 29.8 Å². The summed E-state index contributed by atoms with van der Waals surface area (Å²) in [5.41, 5.74) is 4.96. The van der Waals surface area contributed by atoms with E-state index in [9.17, 15) is 13.2 Å². The highest BCUT2D eigenvalue weighted by atomic mass is 32.2. The Labute approximate surface area is 180 Å². The minimum atomic E-state index is -3.59. The Morgan fingerprint density at radius 1 is 1.17 bits per heavy atom. The smallest absolute Gasteiger partial charge is 0.267 e. The van der Waals surface area contributed by atoms with Crippen molar-refractivity contribution in [2.45, 2.75) is 71.1 Å². The molecule has 0 unspecified atom stereocenters. The van der Waals surface area contributed by atoms with E-state index in [1.807, 2.05) is 0 Å². The van der Waals surface area contributed by atoms with Gasteiger partial charge in [-0.15, -0.1) is 0 Å². The Kier molecular flexibility index (Phi) is 5.34. The van der Waals surface area contributed by atoms with Gasteiger partial charge in [-0.05, 0) is 68.1 Å². The molecule has 1 N–H and O–H groups in total. The molecule has 1 aromatic carbocycles. The number of carbonyl (C=O) groups excluding carboxylic acids is 1. The van der Waals surface area contributed by atoms with Gasteiger partial charge in [-0.1, -0.05) is 33.3 Å². The maximum absolute atomic E-state index is 13.1. The van der Waals surface area contributed by atoms with Crippen LogP contribution in [0.25, 0.3) is 0 Å². The second-order valence-electron chi connectivity index (χ2n) is 9.94. The molecule has 3 fully saturated rings. The first-order valence-corrected chi connectivity index (χ1v) is 12.5. The molecule has 1 aliphatic heterocycles. The standard InChI is InChI=1S/C23H33N3O3S/c1-16-8-9-17(14-19(16)30(28,29)26-12-6-5-7-13-26)21(27)25-24-20-15-18-10-11-23(20,4)22(18,2)3/h8-9,14,18H,5-7,10-13,15H2,1-4H3,(H,25,27)/b24-20-/t18-,23+/m1/s1. The van der Waals surface area contributed by atoms with E-state index >= 15 is 0 Å². The third-order valence-electron chi connectivity index (χ3n) is 8.19. The third kappa shape index (κ3) is 3.30. The Morgan fingerprint density at radius 2 is 1.87 bits per heavy atom. The molecule has 30 heavy (non-hydrogen) atoms. The van der Waals surface area contributed by atoms with Gasteiger partial charge in [-0.3, -0.25) is 4.79 Å².